The van der Waals surface area contributed by atoms with Crippen molar-refractivity contribution in [3.63, 3.8) is 0 Å². The van der Waals surface area contributed by atoms with Gasteiger partial charge in [0, 0.05) is 11.0 Å². The molecule has 0 amide bonds. The van der Waals surface area contributed by atoms with Gasteiger partial charge >= 0.3 is 0 Å². The predicted octanol–water partition coefficient (Wildman–Crippen LogP) is 3.19. The zero-order chi connectivity index (χ0) is 10.2. The highest BCUT2D eigenvalue weighted by Crippen LogP contribution is 2.48. The topological polar surface area (TPSA) is 17.1 Å². The molecule has 1 heteroatoms. The molecule has 0 bridgehead atoms. The van der Waals surface area contributed by atoms with Crippen LogP contribution in [0.2, 0.25) is 0 Å². The van der Waals surface area contributed by atoms with Crippen molar-refractivity contribution in [1.82, 2.24) is 0 Å². The van der Waals surface area contributed by atoms with Crippen molar-refractivity contribution in [2.75, 3.05) is 0 Å². The molecule has 1 atom stereocenters. The second-order valence-corrected chi connectivity index (χ2v) is 4.16. The Bertz CT molecular complexity index is 357. The maximum Gasteiger partial charge on any atom is 0.182 e. The summed E-state index contributed by atoms with van der Waals surface area (Å²) in [4.78, 5) is 11.7. The van der Waals surface area contributed by atoms with Gasteiger partial charge in [0.2, 0.25) is 0 Å². The smallest absolute Gasteiger partial charge is 0.182 e. The van der Waals surface area contributed by atoms with E-state index in [1.165, 1.54) is 12.0 Å². The molecule has 2 aliphatic rings. The number of allylic oxidation sites excluding steroid dienone is 6. The molecule has 0 heterocycles. The molecular weight excluding hydrogens is 172 g/mol. The van der Waals surface area contributed by atoms with Crippen LogP contribution in [0.5, 0.6) is 0 Å². The molecule has 1 spiro atoms. The molecule has 0 N–H and O–H groups in total. The minimum atomic E-state index is -0.0376. The highest BCUT2D eigenvalue weighted by molar-refractivity contribution is 6.09. The second-order valence-electron chi connectivity index (χ2n) is 4.16. The average Bonchev–Trinajstić information content (AvgIpc) is 2.40. The summed E-state index contributed by atoms with van der Waals surface area (Å²) in [5.74, 6) is 0.205. The van der Waals surface area contributed by atoms with Crippen LogP contribution in [0, 0.1) is 5.41 Å². The van der Waals surface area contributed by atoms with Crippen molar-refractivity contribution in [2.45, 2.75) is 33.1 Å². The van der Waals surface area contributed by atoms with Crippen molar-refractivity contribution in [1.29, 1.82) is 0 Å². The third kappa shape index (κ3) is 1.12. The van der Waals surface area contributed by atoms with E-state index in [0.29, 0.717) is 0 Å². The number of hydrogen-bond acceptors (Lipinski definition) is 1. The number of carbonyl (C=O) groups excluding carboxylic acids is 1. The SMILES string of the molecule is C/C=C1/C(=O)C=C(C)C12C=CCCC2. The largest absolute Gasteiger partial charge is 0.290 e. The lowest BCUT2D eigenvalue weighted by atomic mass is 9.71. The van der Waals surface area contributed by atoms with Gasteiger partial charge in [-0.3, -0.25) is 4.79 Å². The summed E-state index contributed by atoms with van der Waals surface area (Å²) in [7, 11) is 0. The van der Waals surface area contributed by atoms with Gasteiger partial charge in [0.25, 0.3) is 0 Å². The van der Waals surface area contributed by atoms with Crippen LogP contribution in [0.15, 0.2) is 35.5 Å². The molecule has 0 aromatic heterocycles. The van der Waals surface area contributed by atoms with E-state index in [0.717, 1.165) is 18.4 Å². The summed E-state index contributed by atoms with van der Waals surface area (Å²) in [6, 6.07) is 0. The molecule has 1 unspecified atom stereocenters. The molecule has 1 nitrogen and oxygen atoms in total. The quantitative estimate of drug-likeness (QED) is 0.421. The Kier molecular flexibility index (Phi) is 2.18. The molecule has 2 rings (SSSR count). The van der Waals surface area contributed by atoms with Gasteiger partial charge in [0.1, 0.15) is 0 Å². The normalized spacial score (nSPS) is 34.3. The fourth-order valence-electron chi connectivity index (χ4n) is 2.65. The highest BCUT2D eigenvalue weighted by atomic mass is 16.1. The highest BCUT2D eigenvalue weighted by Gasteiger charge is 2.41. The fourth-order valence-corrected chi connectivity index (χ4v) is 2.65. The van der Waals surface area contributed by atoms with Crippen LogP contribution < -0.4 is 0 Å². The third-order valence-electron chi connectivity index (χ3n) is 3.43. The summed E-state index contributed by atoms with van der Waals surface area (Å²) >= 11 is 0. The van der Waals surface area contributed by atoms with E-state index in [1.54, 1.807) is 6.08 Å². The summed E-state index contributed by atoms with van der Waals surface area (Å²) in [6.07, 6.45) is 11.6. The summed E-state index contributed by atoms with van der Waals surface area (Å²) in [5.41, 5.74) is 2.15. The minimum absolute atomic E-state index is 0.0376. The van der Waals surface area contributed by atoms with E-state index in [9.17, 15) is 4.79 Å². The van der Waals surface area contributed by atoms with Crippen molar-refractivity contribution in [3.05, 3.63) is 35.5 Å². The standard InChI is InChI=1S/C13H16O/c1-3-11-12(14)9-10(2)13(11)7-5-4-6-8-13/h3,5,7,9H,4,6,8H2,1-2H3/b11-3-. The van der Waals surface area contributed by atoms with Gasteiger partial charge in [-0.25, -0.2) is 0 Å². The van der Waals surface area contributed by atoms with Gasteiger partial charge in [-0.05, 0) is 39.2 Å². The van der Waals surface area contributed by atoms with Gasteiger partial charge in [0.05, 0.1) is 0 Å². The third-order valence-corrected chi connectivity index (χ3v) is 3.43. The van der Waals surface area contributed by atoms with Crippen molar-refractivity contribution < 1.29 is 4.79 Å². The number of ketones is 1. The average molecular weight is 188 g/mol. The van der Waals surface area contributed by atoms with Crippen molar-refractivity contribution >= 4 is 5.78 Å². The molecule has 0 fully saturated rings. The number of carbonyl (C=O) groups is 1. The fraction of sp³-hybridized carbons (Fsp3) is 0.462. The number of hydrogen-bond donors (Lipinski definition) is 0. The van der Waals surface area contributed by atoms with E-state index < -0.39 is 0 Å². The van der Waals surface area contributed by atoms with Gasteiger partial charge in [-0.1, -0.05) is 23.8 Å². The van der Waals surface area contributed by atoms with Crippen LogP contribution in [-0.2, 0) is 4.79 Å². The molecule has 0 aromatic carbocycles. The predicted molar refractivity (Wildman–Crippen MR) is 57.9 cm³/mol. The zero-order valence-electron chi connectivity index (χ0n) is 8.84. The van der Waals surface area contributed by atoms with Crippen molar-refractivity contribution in [2.24, 2.45) is 5.41 Å². The van der Waals surface area contributed by atoms with Crippen LogP contribution in [0.25, 0.3) is 0 Å². The van der Waals surface area contributed by atoms with Crippen LogP contribution in [0.4, 0.5) is 0 Å². The molecule has 14 heavy (non-hydrogen) atoms. The zero-order valence-corrected chi connectivity index (χ0v) is 8.84. The first-order valence-electron chi connectivity index (χ1n) is 5.28. The minimum Gasteiger partial charge on any atom is -0.290 e. The monoisotopic (exact) mass is 188 g/mol. The Morgan fingerprint density at radius 1 is 1.50 bits per heavy atom. The summed E-state index contributed by atoms with van der Waals surface area (Å²) in [6.45, 7) is 4.04. The van der Waals surface area contributed by atoms with E-state index in [4.69, 9.17) is 0 Å². The molecule has 0 saturated heterocycles. The van der Waals surface area contributed by atoms with Crippen molar-refractivity contribution in [3.8, 4) is 0 Å². The molecule has 0 aliphatic heterocycles. The first-order chi connectivity index (χ1) is 6.70. The Morgan fingerprint density at radius 2 is 2.29 bits per heavy atom. The Hall–Kier alpha value is -1.11. The molecular formula is C13H16O. The Balaban J connectivity index is 2.51. The Labute approximate surface area is 85.2 Å². The van der Waals surface area contributed by atoms with E-state index in [-0.39, 0.29) is 11.2 Å². The maximum atomic E-state index is 11.7. The Morgan fingerprint density at radius 3 is 2.86 bits per heavy atom. The molecule has 0 aromatic rings. The van der Waals surface area contributed by atoms with Gasteiger partial charge < -0.3 is 0 Å². The van der Waals surface area contributed by atoms with Crippen LogP contribution in [-0.4, -0.2) is 5.78 Å². The van der Waals surface area contributed by atoms with Crippen LogP contribution in [0.1, 0.15) is 33.1 Å². The molecule has 0 radical (unpaired) electrons. The molecule has 74 valence electrons. The summed E-state index contributed by atoms with van der Waals surface area (Å²) in [5, 5.41) is 0. The lowest BCUT2D eigenvalue weighted by molar-refractivity contribution is -0.111. The number of rotatable bonds is 0. The summed E-state index contributed by atoms with van der Waals surface area (Å²) < 4.78 is 0. The second kappa shape index (κ2) is 3.23. The lowest BCUT2D eigenvalue weighted by Gasteiger charge is -2.31. The van der Waals surface area contributed by atoms with E-state index >= 15 is 0 Å². The molecule has 2 aliphatic carbocycles. The lowest BCUT2D eigenvalue weighted by Crippen LogP contribution is -2.22. The van der Waals surface area contributed by atoms with Gasteiger partial charge in [0.15, 0.2) is 5.78 Å². The van der Waals surface area contributed by atoms with Crippen LogP contribution in [0.3, 0.4) is 0 Å². The van der Waals surface area contributed by atoms with Crippen LogP contribution >= 0.6 is 0 Å². The van der Waals surface area contributed by atoms with E-state index in [1.807, 2.05) is 13.0 Å². The van der Waals surface area contributed by atoms with Gasteiger partial charge in [-0.15, -0.1) is 0 Å². The van der Waals surface area contributed by atoms with E-state index in [2.05, 4.69) is 19.1 Å². The first-order valence-corrected chi connectivity index (χ1v) is 5.28. The first kappa shape index (κ1) is 9.45. The maximum absolute atomic E-state index is 11.7. The van der Waals surface area contributed by atoms with Gasteiger partial charge in [-0.2, -0.15) is 0 Å². The molecule has 0 saturated carbocycles.